The number of aromatic nitrogens is 2. The summed E-state index contributed by atoms with van der Waals surface area (Å²) >= 11 is 0. The monoisotopic (exact) mass is 345 g/mol. The minimum atomic E-state index is -0.746. The van der Waals surface area contributed by atoms with Gasteiger partial charge in [0, 0.05) is 25.2 Å². The second-order valence-corrected chi connectivity index (χ2v) is 6.41. The van der Waals surface area contributed by atoms with Crippen LogP contribution in [0.5, 0.6) is 5.75 Å². The fraction of sp³-hybridized carbons (Fsp3) is 0.474. The number of carbonyl (C=O) groups excluding carboxylic acids is 1. The molecule has 0 aliphatic heterocycles. The number of aliphatic hydroxyl groups excluding tert-OH is 1. The van der Waals surface area contributed by atoms with Crippen molar-refractivity contribution in [2.24, 2.45) is 13.0 Å². The van der Waals surface area contributed by atoms with Gasteiger partial charge in [-0.2, -0.15) is 5.10 Å². The molecule has 2 unspecified atom stereocenters. The summed E-state index contributed by atoms with van der Waals surface area (Å²) in [6.45, 7) is 6.04. The number of carbonyl (C=O) groups is 1. The van der Waals surface area contributed by atoms with Crippen LogP contribution in [0.15, 0.2) is 24.3 Å². The van der Waals surface area contributed by atoms with Crippen LogP contribution in [0.25, 0.3) is 0 Å². The molecule has 1 amide bonds. The zero-order valence-corrected chi connectivity index (χ0v) is 15.5. The number of hydrogen-bond acceptors (Lipinski definition) is 4. The lowest BCUT2D eigenvalue weighted by molar-refractivity contribution is -0.124. The van der Waals surface area contributed by atoms with Gasteiger partial charge in [-0.05, 0) is 43.5 Å². The standard InChI is InChI=1S/C19H27N3O3/c1-12(10-17-13(2)21-22(4)14(17)3)19(24)20-11-18(23)15-6-8-16(25-5)9-7-15/h6-9,12,18,23H,10-11H2,1-5H3,(H,20,24). The van der Waals surface area contributed by atoms with Gasteiger partial charge in [-0.1, -0.05) is 19.1 Å². The Kier molecular flexibility index (Phi) is 6.20. The van der Waals surface area contributed by atoms with Crippen molar-refractivity contribution < 1.29 is 14.6 Å². The van der Waals surface area contributed by atoms with Gasteiger partial charge in [-0.15, -0.1) is 0 Å². The first-order valence-corrected chi connectivity index (χ1v) is 8.42. The highest BCUT2D eigenvalue weighted by atomic mass is 16.5. The van der Waals surface area contributed by atoms with Crippen LogP contribution in [-0.2, 0) is 18.3 Å². The van der Waals surface area contributed by atoms with Gasteiger partial charge in [0.1, 0.15) is 5.75 Å². The number of aliphatic hydroxyl groups is 1. The van der Waals surface area contributed by atoms with Crippen LogP contribution in [0.1, 0.15) is 35.5 Å². The Morgan fingerprint density at radius 1 is 1.32 bits per heavy atom. The summed E-state index contributed by atoms with van der Waals surface area (Å²) in [6, 6.07) is 7.16. The van der Waals surface area contributed by atoms with Gasteiger partial charge in [0.05, 0.1) is 18.9 Å². The normalized spacial score (nSPS) is 13.4. The molecule has 0 aliphatic rings. The number of aryl methyl sites for hydroxylation is 2. The lowest BCUT2D eigenvalue weighted by atomic mass is 9.98. The van der Waals surface area contributed by atoms with Crippen LogP contribution in [-0.4, -0.2) is 34.4 Å². The van der Waals surface area contributed by atoms with Crippen LogP contribution in [0.2, 0.25) is 0 Å². The minimum Gasteiger partial charge on any atom is -0.497 e. The Morgan fingerprint density at radius 3 is 2.48 bits per heavy atom. The van der Waals surface area contributed by atoms with Crippen molar-refractivity contribution in [3.63, 3.8) is 0 Å². The predicted molar refractivity (Wildman–Crippen MR) is 96.5 cm³/mol. The molecule has 0 saturated heterocycles. The third-order valence-corrected chi connectivity index (χ3v) is 4.59. The summed E-state index contributed by atoms with van der Waals surface area (Å²) in [7, 11) is 3.50. The van der Waals surface area contributed by atoms with Gasteiger partial charge in [-0.25, -0.2) is 0 Å². The maximum atomic E-state index is 12.3. The van der Waals surface area contributed by atoms with Gasteiger partial charge in [0.25, 0.3) is 0 Å². The minimum absolute atomic E-state index is 0.0739. The van der Waals surface area contributed by atoms with Gasteiger partial charge < -0.3 is 15.2 Å². The van der Waals surface area contributed by atoms with E-state index in [-0.39, 0.29) is 18.4 Å². The van der Waals surface area contributed by atoms with Crippen molar-refractivity contribution in [2.75, 3.05) is 13.7 Å². The van der Waals surface area contributed by atoms with E-state index >= 15 is 0 Å². The smallest absolute Gasteiger partial charge is 0.223 e. The largest absolute Gasteiger partial charge is 0.497 e. The predicted octanol–water partition coefficient (Wildman–Crippen LogP) is 2.07. The Bertz CT molecular complexity index is 722. The molecule has 6 heteroatoms. The highest BCUT2D eigenvalue weighted by Gasteiger charge is 2.19. The zero-order valence-electron chi connectivity index (χ0n) is 15.5. The number of methoxy groups -OCH3 is 1. The van der Waals surface area contributed by atoms with Crippen molar-refractivity contribution in [2.45, 2.75) is 33.3 Å². The van der Waals surface area contributed by atoms with E-state index in [1.54, 1.807) is 31.4 Å². The maximum Gasteiger partial charge on any atom is 0.223 e. The molecule has 0 bridgehead atoms. The summed E-state index contributed by atoms with van der Waals surface area (Å²) in [6.07, 6.45) is -0.111. The van der Waals surface area contributed by atoms with Crippen molar-refractivity contribution >= 4 is 5.91 Å². The van der Waals surface area contributed by atoms with Crippen molar-refractivity contribution in [3.8, 4) is 5.75 Å². The van der Waals surface area contributed by atoms with Crippen molar-refractivity contribution in [3.05, 3.63) is 46.8 Å². The molecule has 1 heterocycles. The third-order valence-electron chi connectivity index (χ3n) is 4.59. The van der Waals surface area contributed by atoms with E-state index in [2.05, 4.69) is 10.4 Å². The van der Waals surface area contributed by atoms with Crippen LogP contribution >= 0.6 is 0 Å². The van der Waals surface area contributed by atoms with E-state index in [1.807, 2.05) is 32.5 Å². The second kappa shape index (κ2) is 8.16. The molecule has 2 rings (SSSR count). The molecule has 136 valence electrons. The van der Waals surface area contributed by atoms with E-state index < -0.39 is 6.10 Å². The van der Waals surface area contributed by atoms with Gasteiger partial charge in [-0.3, -0.25) is 9.48 Å². The Hall–Kier alpha value is -2.34. The molecule has 2 N–H and O–H groups in total. The number of amides is 1. The molecule has 0 saturated carbocycles. The quantitative estimate of drug-likeness (QED) is 0.805. The lowest BCUT2D eigenvalue weighted by Gasteiger charge is -2.16. The van der Waals surface area contributed by atoms with E-state index in [1.165, 1.54) is 0 Å². The fourth-order valence-electron chi connectivity index (χ4n) is 2.83. The highest BCUT2D eigenvalue weighted by Crippen LogP contribution is 2.19. The summed E-state index contributed by atoms with van der Waals surface area (Å²) < 4.78 is 6.93. The van der Waals surface area contributed by atoms with Crippen LogP contribution in [0, 0.1) is 19.8 Å². The second-order valence-electron chi connectivity index (χ2n) is 6.41. The van der Waals surface area contributed by atoms with Crippen LogP contribution < -0.4 is 10.1 Å². The van der Waals surface area contributed by atoms with E-state index in [0.717, 1.165) is 28.3 Å². The molecule has 1 aromatic carbocycles. The Labute approximate surface area is 148 Å². The zero-order chi connectivity index (χ0) is 18.6. The van der Waals surface area contributed by atoms with Gasteiger partial charge in [0.2, 0.25) is 5.91 Å². The van der Waals surface area contributed by atoms with E-state index in [4.69, 9.17) is 4.74 Å². The van der Waals surface area contributed by atoms with Crippen molar-refractivity contribution in [1.29, 1.82) is 0 Å². The topological polar surface area (TPSA) is 76.4 Å². The summed E-state index contributed by atoms with van der Waals surface area (Å²) in [4.78, 5) is 12.3. The van der Waals surface area contributed by atoms with Gasteiger partial charge in [0.15, 0.2) is 0 Å². The average Bonchev–Trinajstić information content (AvgIpc) is 2.85. The summed E-state index contributed by atoms with van der Waals surface area (Å²) in [5.41, 5.74) is 3.89. The molecular weight excluding hydrogens is 318 g/mol. The molecular formula is C19H27N3O3. The number of ether oxygens (including phenoxy) is 1. The molecule has 2 aromatic rings. The highest BCUT2D eigenvalue weighted by molar-refractivity contribution is 5.78. The first kappa shape index (κ1) is 19.0. The number of benzene rings is 1. The molecule has 2 atom stereocenters. The number of hydrogen-bond donors (Lipinski definition) is 2. The SMILES string of the molecule is COc1ccc(C(O)CNC(=O)C(C)Cc2c(C)nn(C)c2C)cc1. The average molecular weight is 345 g/mol. The van der Waals surface area contributed by atoms with Crippen LogP contribution in [0.3, 0.4) is 0 Å². The van der Waals surface area contributed by atoms with E-state index in [9.17, 15) is 9.90 Å². The lowest BCUT2D eigenvalue weighted by Crippen LogP contribution is -2.33. The van der Waals surface area contributed by atoms with Crippen molar-refractivity contribution in [1.82, 2.24) is 15.1 Å². The molecule has 6 nitrogen and oxygen atoms in total. The summed E-state index contributed by atoms with van der Waals surface area (Å²) in [5.74, 6) is 0.468. The number of nitrogens with one attached hydrogen (secondary N) is 1. The van der Waals surface area contributed by atoms with Gasteiger partial charge >= 0.3 is 0 Å². The first-order chi connectivity index (χ1) is 11.8. The summed E-state index contributed by atoms with van der Waals surface area (Å²) in [5, 5.41) is 17.4. The molecule has 0 spiro atoms. The Balaban J connectivity index is 1.90. The van der Waals surface area contributed by atoms with Crippen LogP contribution in [0.4, 0.5) is 0 Å². The molecule has 0 fully saturated rings. The van der Waals surface area contributed by atoms with E-state index in [0.29, 0.717) is 6.42 Å². The number of nitrogens with zero attached hydrogens (tertiary/aromatic N) is 2. The first-order valence-electron chi connectivity index (χ1n) is 8.42. The molecule has 0 aliphatic carbocycles. The molecule has 0 radical (unpaired) electrons. The molecule has 1 aromatic heterocycles. The maximum absolute atomic E-state index is 12.3. The Morgan fingerprint density at radius 2 is 1.96 bits per heavy atom. The fourth-order valence-corrected chi connectivity index (χ4v) is 2.83. The third kappa shape index (κ3) is 4.60. The number of rotatable bonds is 7. The molecule has 25 heavy (non-hydrogen) atoms.